The van der Waals surface area contributed by atoms with Gasteiger partial charge in [-0.3, -0.25) is 9.78 Å². The van der Waals surface area contributed by atoms with Crippen molar-refractivity contribution in [2.75, 3.05) is 44.2 Å². The molecule has 0 bridgehead atoms. The van der Waals surface area contributed by atoms with Crippen LogP contribution in [0.4, 0.5) is 5.69 Å². The van der Waals surface area contributed by atoms with Gasteiger partial charge in [0.15, 0.2) is 0 Å². The number of benzene rings is 2. The molecule has 3 aromatic rings. The molecule has 1 atom stereocenters. The Morgan fingerprint density at radius 1 is 1.03 bits per heavy atom. The average molecular weight is 515 g/mol. The second-order valence-corrected chi connectivity index (χ2v) is 11.4. The molecule has 0 saturated carbocycles. The molecule has 0 radical (unpaired) electrons. The lowest BCUT2D eigenvalue weighted by Gasteiger charge is -2.39. The van der Waals surface area contributed by atoms with E-state index < -0.39 is 10.0 Å². The van der Waals surface area contributed by atoms with Gasteiger partial charge in [-0.15, -0.1) is 0 Å². The van der Waals surface area contributed by atoms with Gasteiger partial charge < -0.3 is 14.9 Å². The Morgan fingerprint density at radius 2 is 1.83 bits per heavy atom. The number of carbonyl (C=O) groups is 1. The van der Waals surface area contributed by atoms with Gasteiger partial charge in [0.25, 0.3) is 0 Å². The second-order valence-electron chi connectivity index (χ2n) is 9.00. The maximum Gasteiger partial charge on any atom is 0.243 e. The highest BCUT2D eigenvalue weighted by Crippen LogP contribution is 2.30. The fourth-order valence-corrected chi connectivity index (χ4v) is 6.69. The number of rotatable bonds is 4. The Labute approximate surface area is 209 Å². The van der Waals surface area contributed by atoms with E-state index in [1.165, 1.54) is 28.6 Å². The number of sulfonamides is 1. The molecule has 3 heterocycles. The Hall–Kier alpha value is -2.88. The molecule has 2 saturated heterocycles. The van der Waals surface area contributed by atoms with Gasteiger partial charge in [0.2, 0.25) is 15.9 Å². The van der Waals surface area contributed by atoms with Gasteiger partial charge in [-0.05, 0) is 55.3 Å². The van der Waals surface area contributed by atoms with Crippen LogP contribution in [0.25, 0.3) is 10.9 Å². The maximum absolute atomic E-state index is 13.3. The summed E-state index contributed by atoms with van der Waals surface area (Å²) in [5.74, 6) is -0.461. The minimum atomic E-state index is -3.77. The molecule has 1 aromatic heterocycles. The molecule has 2 aromatic carbocycles. The van der Waals surface area contributed by atoms with E-state index in [0.29, 0.717) is 50.6 Å². The van der Waals surface area contributed by atoms with Gasteiger partial charge in [-0.1, -0.05) is 17.7 Å². The summed E-state index contributed by atoms with van der Waals surface area (Å²) in [6.45, 7) is 3.05. The van der Waals surface area contributed by atoms with E-state index in [0.717, 1.165) is 16.6 Å². The van der Waals surface area contributed by atoms with E-state index in [1.54, 1.807) is 6.20 Å². The fourth-order valence-electron chi connectivity index (χ4n) is 4.96. The predicted molar refractivity (Wildman–Crippen MR) is 135 cm³/mol. The number of pyridine rings is 1. The summed E-state index contributed by atoms with van der Waals surface area (Å²) in [5, 5.41) is 11.4. The molecule has 184 valence electrons. The van der Waals surface area contributed by atoms with Crippen molar-refractivity contribution >= 4 is 44.1 Å². The average Bonchev–Trinajstić information content (AvgIpc) is 2.88. The summed E-state index contributed by atoms with van der Waals surface area (Å²) in [7, 11) is -3.77. The lowest BCUT2D eigenvalue weighted by Crippen LogP contribution is -2.53. The lowest BCUT2D eigenvalue weighted by atomic mass is 9.97. The minimum absolute atomic E-state index is 0.00632. The molecule has 8 nitrogen and oxygen atoms in total. The van der Waals surface area contributed by atoms with Crippen LogP contribution in [0, 0.1) is 5.92 Å². The van der Waals surface area contributed by atoms with Crippen LogP contribution in [-0.4, -0.2) is 72.9 Å². The quantitative estimate of drug-likeness (QED) is 0.574. The highest BCUT2D eigenvalue weighted by atomic mass is 35.5. The smallest absolute Gasteiger partial charge is 0.243 e. The summed E-state index contributed by atoms with van der Waals surface area (Å²) >= 11 is 6.11. The van der Waals surface area contributed by atoms with Crippen molar-refractivity contribution in [1.82, 2.24) is 14.2 Å². The van der Waals surface area contributed by atoms with E-state index >= 15 is 0 Å². The predicted octanol–water partition coefficient (Wildman–Crippen LogP) is 3.34. The SMILES string of the molecule is O=C(C1CCCN(S(=O)(=O)c2cccc(O)c2)C1)N1CCN(c2ccnc3cc(Cl)ccc23)CC1. The minimum Gasteiger partial charge on any atom is -0.508 e. The van der Waals surface area contributed by atoms with E-state index in [1.807, 2.05) is 29.2 Å². The van der Waals surface area contributed by atoms with Crippen molar-refractivity contribution in [3.63, 3.8) is 0 Å². The first-order valence-corrected chi connectivity index (χ1v) is 13.5. The number of amides is 1. The number of carbonyl (C=O) groups excluding carboxylic acids is 1. The van der Waals surface area contributed by atoms with E-state index in [2.05, 4.69) is 9.88 Å². The number of piperazine rings is 1. The molecule has 1 unspecified atom stereocenters. The zero-order valence-corrected chi connectivity index (χ0v) is 20.7. The third-order valence-electron chi connectivity index (χ3n) is 6.80. The number of aromatic hydroxyl groups is 1. The van der Waals surface area contributed by atoms with Crippen LogP contribution in [0.1, 0.15) is 12.8 Å². The summed E-state index contributed by atoms with van der Waals surface area (Å²) in [6, 6.07) is 13.3. The molecule has 2 aliphatic rings. The second kappa shape index (κ2) is 9.64. The van der Waals surface area contributed by atoms with Gasteiger partial charge in [-0.2, -0.15) is 4.31 Å². The number of nitrogens with zero attached hydrogens (tertiary/aromatic N) is 4. The zero-order valence-electron chi connectivity index (χ0n) is 19.2. The largest absolute Gasteiger partial charge is 0.508 e. The van der Waals surface area contributed by atoms with Crippen molar-refractivity contribution in [1.29, 1.82) is 0 Å². The molecule has 10 heteroatoms. The first-order valence-electron chi connectivity index (χ1n) is 11.7. The fraction of sp³-hybridized carbons (Fsp3) is 0.360. The summed E-state index contributed by atoms with van der Waals surface area (Å²) < 4.78 is 27.5. The molecule has 1 N–H and O–H groups in total. The summed E-state index contributed by atoms with van der Waals surface area (Å²) in [4.78, 5) is 21.9. The molecular weight excluding hydrogens is 488 g/mol. The third kappa shape index (κ3) is 4.80. The van der Waals surface area contributed by atoms with Crippen LogP contribution >= 0.6 is 11.6 Å². The Bertz CT molecular complexity index is 1360. The van der Waals surface area contributed by atoms with Crippen molar-refractivity contribution in [3.8, 4) is 5.75 Å². The van der Waals surface area contributed by atoms with E-state index in [-0.39, 0.29) is 29.0 Å². The molecule has 1 amide bonds. The number of phenols is 1. The van der Waals surface area contributed by atoms with Crippen LogP contribution in [0.3, 0.4) is 0 Å². The normalized spacial score (nSPS) is 19.7. The number of piperidine rings is 1. The molecule has 35 heavy (non-hydrogen) atoms. The Kier molecular flexibility index (Phi) is 6.57. The van der Waals surface area contributed by atoms with Gasteiger partial charge in [-0.25, -0.2) is 8.42 Å². The third-order valence-corrected chi connectivity index (χ3v) is 8.90. The van der Waals surface area contributed by atoms with E-state index in [4.69, 9.17) is 11.6 Å². The van der Waals surface area contributed by atoms with Crippen LogP contribution in [0.5, 0.6) is 5.75 Å². The topological polar surface area (TPSA) is 94.0 Å². The van der Waals surface area contributed by atoms with Crippen LogP contribution in [0.2, 0.25) is 5.02 Å². The highest BCUT2D eigenvalue weighted by molar-refractivity contribution is 7.89. The maximum atomic E-state index is 13.3. The molecule has 2 fully saturated rings. The van der Waals surface area contributed by atoms with Crippen molar-refractivity contribution < 1.29 is 18.3 Å². The number of hydrogen-bond acceptors (Lipinski definition) is 6. The standard InChI is InChI=1S/C25H27ClN4O4S/c26-19-6-7-22-23(15-19)27-9-8-24(22)28-11-13-29(14-12-28)25(32)18-3-2-10-30(17-18)35(33,34)21-5-1-4-20(31)16-21/h1,4-9,15-16,18,31H,2-3,10-14,17H2. The van der Waals surface area contributed by atoms with Crippen molar-refractivity contribution in [2.24, 2.45) is 5.92 Å². The van der Waals surface area contributed by atoms with Gasteiger partial charge >= 0.3 is 0 Å². The molecular formula is C25H27ClN4O4S. The molecule has 0 spiro atoms. The van der Waals surface area contributed by atoms with Crippen LogP contribution < -0.4 is 4.90 Å². The summed E-state index contributed by atoms with van der Waals surface area (Å²) in [5.41, 5.74) is 1.91. The lowest BCUT2D eigenvalue weighted by molar-refractivity contribution is -0.137. The van der Waals surface area contributed by atoms with E-state index in [9.17, 15) is 18.3 Å². The number of phenolic OH excluding ortho intramolecular Hbond substituents is 1. The van der Waals surface area contributed by atoms with Crippen LogP contribution in [-0.2, 0) is 14.8 Å². The van der Waals surface area contributed by atoms with Gasteiger partial charge in [0.1, 0.15) is 5.75 Å². The first kappa shape index (κ1) is 23.8. The summed E-state index contributed by atoms with van der Waals surface area (Å²) in [6.07, 6.45) is 3.07. The highest BCUT2D eigenvalue weighted by Gasteiger charge is 2.36. The van der Waals surface area contributed by atoms with Gasteiger partial charge in [0, 0.05) is 61.6 Å². The first-order chi connectivity index (χ1) is 16.8. The number of anilines is 1. The molecule has 0 aliphatic carbocycles. The Balaban J connectivity index is 1.25. The van der Waals surface area contributed by atoms with Gasteiger partial charge in [0.05, 0.1) is 16.3 Å². The number of aromatic nitrogens is 1. The van der Waals surface area contributed by atoms with Crippen molar-refractivity contribution in [2.45, 2.75) is 17.7 Å². The molecule has 5 rings (SSSR count). The number of halogens is 1. The number of hydrogen-bond donors (Lipinski definition) is 1. The Morgan fingerprint density at radius 3 is 2.60 bits per heavy atom. The molecule has 2 aliphatic heterocycles. The monoisotopic (exact) mass is 514 g/mol. The van der Waals surface area contributed by atoms with Crippen LogP contribution in [0.15, 0.2) is 59.6 Å². The number of fused-ring (bicyclic) bond motifs is 1. The van der Waals surface area contributed by atoms with Crippen molar-refractivity contribution in [3.05, 3.63) is 59.8 Å². The zero-order chi connectivity index (χ0) is 24.6.